The first-order chi connectivity index (χ1) is 9.02. The van der Waals surface area contributed by atoms with E-state index in [2.05, 4.69) is 57.8 Å². The lowest BCUT2D eigenvalue weighted by Crippen LogP contribution is -1.93. The van der Waals surface area contributed by atoms with E-state index in [0.29, 0.717) is 21.9 Å². The van der Waals surface area contributed by atoms with Crippen molar-refractivity contribution in [2.45, 2.75) is 0 Å². The molecule has 1 aromatic carbocycles. The summed E-state index contributed by atoms with van der Waals surface area (Å²) in [5.74, 6) is 1.60. The van der Waals surface area contributed by atoms with Crippen molar-refractivity contribution in [3.63, 3.8) is 0 Å². The van der Waals surface area contributed by atoms with Crippen molar-refractivity contribution in [3.8, 4) is 17.4 Å². The fraction of sp³-hybridized carbons (Fsp3) is 0.0909. The zero-order valence-electron chi connectivity index (χ0n) is 9.45. The predicted octanol–water partition coefficient (Wildman–Crippen LogP) is 5.22. The number of halogens is 4. The Kier molecular flexibility index (Phi) is 5.05. The minimum Gasteiger partial charge on any atom is -0.496 e. The highest BCUT2D eigenvalue weighted by molar-refractivity contribution is 9.11. The number of benzene rings is 1. The topological polar surface area (TPSA) is 44.2 Å². The zero-order valence-corrected chi connectivity index (χ0v) is 15.0. The number of rotatable bonds is 3. The molecule has 0 atom stereocenters. The molecular weight excluding hydrogens is 467 g/mol. The van der Waals surface area contributed by atoms with E-state index in [1.807, 2.05) is 0 Å². The van der Waals surface area contributed by atoms with Gasteiger partial charge < -0.3 is 9.47 Å². The van der Waals surface area contributed by atoms with Crippen LogP contribution in [-0.4, -0.2) is 17.1 Å². The number of hydrogen-bond donors (Lipinski definition) is 0. The van der Waals surface area contributed by atoms with Gasteiger partial charge in [-0.3, -0.25) is 0 Å². The molecule has 19 heavy (non-hydrogen) atoms. The van der Waals surface area contributed by atoms with E-state index in [0.717, 1.165) is 8.95 Å². The molecule has 2 aromatic rings. The molecule has 0 N–H and O–H groups in total. The lowest BCUT2D eigenvalue weighted by Gasteiger charge is -2.11. The quantitative estimate of drug-likeness (QED) is 0.574. The fourth-order valence-corrected chi connectivity index (χ4v) is 2.55. The fourth-order valence-electron chi connectivity index (χ4n) is 1.25. The summed E-state index contributed by atoms with van der Waals surface area (Å²) in [7, 11) is 1.59. The molecule has 1 heterocycles. The number of aromatic nitrogens is 2. The Bertz CT molecular complexity index is 625. The maximum absolute atomic E-state index is 5.88. The first-order valence-electron chi connectivity index (χ1n) is 4.89. The molecule has 0 unspecified atom stereocenters. The van der Waals surface area contributed by atoms with Gasteiger partial charge in [-0.1, -0.05) is 11.6 Å². The van der Waals surface area contributed by atoms with Gasteiger partial charge in [0.15, 0.2) is 5.15 Å². The molecule has 0 aliphatic rings. The van der Waals surface area contributed by atoms with E-state index in [1.165, 1.54) is 6.33 Å². The van der Waals surface area contributed by atoms with Gasteiger partial charge in [0, 0.05) is 0 Å². The third-order valence-electron chi connectivity index (χ3n) is 2.13. The Morgan fingerprint density at radius 3 is 2.37 bits per heavy atom. The summed E-state index contributed by atoms with van der Waals surface area (Å²) in [5, 5.41) is 0.286. The Hall–Kier alpha value is -0.370. The highest BCUT2D eigenvalue weighted by Crippen LogP contribution is 2.39. The van der Waals surface area contributed by atoms with Crippen LogP contribution in [0.1, 0.15) is 0 Å². The summed E-state index contributed by atoms with van der Waals surface area (Å²) < 4.78 is 12.9. The van der Waals surface area contributed by atoms with Crippen molar-refractivity contribution in [3.05, 3.63) is 37.0 Å². The van der Waals surface area contributed by atoms with Gasteiger partial charge in [0.25, 0.3) is 0 Å². The number of methoxy groups -OCH3 is 1. The maximum atomic E-state index is 5.88. The van der Waals surface area contributed by atoms with Gasteiger partial charge in [-0.2, -0.15) is 0 Å². The monoisotopic (exact) mass is 470 g/mol. The average molecular weight is 473 g/mol. The maximum Gasteiger partial charge on any atom is 0.238 e. The minimum atomic E-state index is 0.286. The van der Waals surface area contributed by atoms with Gasteiger partial charge in [0.1, 0.15) is 22.3 Å². The molecule has 0 spiro atoms. The second-order valence-electron chi connectivity index (χ2n) is 3.30. The molecule has 0 aliphatic carbocycles. The van der Waals surface area contributed by atoms with Gasteiger partial charge in [0.05, 0.1) is 16.1 Å². The first kappa shape index (κ1) is 15.0. The van der Waals surface area contributed by atoms with Crippen LogP contribution in [0.2, 0.25) is 5.15 Å². The van der Waals surface area contributed by atoms with Crippen LogP contribution in [0.4, 0.5) is 0 Å². The van der Waals surface area contributed by atoms with E-state index in [4.69, 9.17) is 21.1 Å². The Morgan fingerprint density at radius 2 is 1.68 bits per heavy atom. The first-order valence-corrected chi connectivity index (χ1v) is 7.65. The second-order valence-corrected chi connectivity index (χ2v) is 6.16. The number of nitrogens with zero attached hydrogens (tertiary/aromatic N) is 2. The van der Waals surface area contributed by atoms with Crippen LogP contribution in [0.3, 0.4) is 0 Å². The predicted molar refractivity (Wildman–Crippen MR) is 83.2 cm³/mol. The molecular formula is C11H6Br3ClN2O2. The molecule has 0 aliphatic heterocycles. The highest BCUT2D eigenvalue weighted by Gasteiger charge is 2.13. The van der Waals surface area contributed by atoms with Crippen molar-refractivity contribution in [2.24, 2.45) is 0 Å². The minimum absolute atomic E-state index is 0.286. The third-order valence-corrected chi connectivity index (χ3v) is 4.60. The Balaban J connectivity index is 2.38. The van der Waals surface area contributed by atoms with Crippen LogP contribution in [0.15, 0.2) is 31.9 Å². The second kappa shape index (κ2) is 6.39. The lowest BCUT2D eigenvalue weighted by atomic mass is 10.3. The van der Waals surface area contributed by atoms with Gasteiger partial charge in [-0.05, 0) is 59.9 Å². The Labute approximate surface area is 139 Å². The van der Waals surface area contributed by atoms with Crippen molar-refractivity contribution in [1.29, 1.82) is 0 Å². The standard InChI is InChI=1S/C11H6Br3ClN2O2/c1-18-7-2-6(13)8(3-5(7)12)19-11-9(14)10(15)16-4-17-11/h2-4H,1H3. The molecule has 0 saturated carbocycles. The molecule has 1 aromatic heterocycles. The van der Waals surface area contributed by atoms with E-state index >= 15 is 0 Å². The van der Waals surface area contributed by atoms with E-state index in [9.17, 15) is 0 Å². The van der Waals surface area contributed by atoms with Crippen molar-refractivity contribution >= 4 is 59.4 Å². The van der Waals surface area contributed by atoms with Crippen LogP contribution in [0.25, 0.3) is 0 Å². The van der Waals surface area contributed by atoms with Crippen molar-refractivity contribution in [2.75, 3.05) is 7.11 Å². The summed E-state index contributed by atoms with van der Waals surface area (Å²) >= 11 is 16.0. The van der Waals surface area contributed by atoms with Crippen molar-refractivity contribution < 1.29 is 9.47 Å². The van der Waals surface area contributed by atoms with E-state index in [1.54, 1.807) is 19.2 Å². The third kappa shape index (κ3) is 3.39. The van der Waals surface area contributed by atoms with E-state index in [-0.39, 0.29) is 5.15 Å². The molecule has 100 valence electrons. The molecule has 0 saturated heterocycles. The van der Waals surface area contributed by atoms with Gasteiger partial charge in [-0.25, -0.2) is 9.97 Å². The van der Waals surface area contributed by atoms with Crippen LogP contribution in [0.5, 0.6) is 17.4 Å². The summed E-state index contributed by atoms with van der Waals surface area (Å²) in [4.78, 5) is 7.85. The average Bonchev–Trinajstić information content (AvgIpc) is 2.38. The van der Waals surface area contributed by atoms with E-state index < -0.39 is 0 Å². The number of hydrogen-bond acceptors (Lipinski definition) is 4. The van der Waals surface area contributed by atoms with Crippen LogP contribution >= 0.6 is 59.4 Å². The van der Waals surface area contributed by atoms with Crippen molar-refractivity contribution in [1.82, 2.24) is 9.97 Å². The van der Waals surface area contributed by atoms with Gasteiger partial charge in [0.2, 0.25) is 5.88 Å². The molecule has 0 bridgehead atoms. The van der Waals surface area contributed by atoms with Crippen LogP contribution in [0, 0.1) is 0 Å². The number of ether oxygens (including phenoxy) is 2. The zero-order chi connectivity index (χ0) is 14.0. The largest absolute Gasteiger partial charge is 0.496 e. The summed E-state index contributed by atoms with van der Waals surface area (Å²) in [6.45, 7) is 0. The molecule has 4 nitrogen and oxygen atoms in total. The highest BCUT2D eigenvalue weighted by atomic mass is 79.9. The molecule has 0 fully saturated rings. The normalized spacial score (nSPS) is 10.4. The lowest BCUT2D eigenvalue weighted by molar-refractivity contribution is 0.408. The molecule has 0 radical (unpaired) electrons. The Morgan fingerprint density at radius 1 is 1.05 bits per heavy atom. The summed E-state index contributed by atoms with van der Waals surface area (Å²) in [5.41, 5.74) is 0. The summed E-state index contributed by atoms with van der Waals surface area (Å²) in [6, 6.07) is 3.56. The van der Waals surface area contributed by atoms with Gasteiger partial charge >= 0.3 is 0 Å². The SMILES string of the molecule is COc1cc(Br)c(Oc2ncnc(Cl)c2Br)cc1Br. The summed E-state index contributed by atoms with van der Waals surface area (Å²) in [6.07, 6.45) is 1.33. The molecule has 8 heteroatoms. The molecule has 2 rings (SSSR count). The van der Waals surface area contributed by atoms with Crippen LogP contribution < -0.4 is 9.47 Å². The van der Waals surface area contributed by atoms with Crippen LogP contribution in [-0.2, 0) is 0 Å². The molecule has 0 amide bonds. The smallest absolute Gasteiger partial charge is 0.238 e. The van der Waals surface area contributed by atoms with Gasteiger partial charge in [-0.15, -0.1) is 0 Å².